The fraction of sp³-hybridized carbons (Fsp3) is 0.0526. The molecule has 0 N–H and O–H groups in total. The van der Waals surface area contributed by atoms with Crippen LogP contribution in [0.15, 0.2) is 54.9 Å². The summed E-state index contributed by atoms with van der Waals surface area (Å²) in [5.74, 6) is -0.148. The van der Waals surface area contributed by atoms with Crippen molar-refractivity contribution in [2.24, 2.45) is 0 Å². The molecule has 0 radical (unpaired) electrons. The van der Waals surface area contributed by atoms with Gasteiger partial charge in [-0.15, -0.1) is 22.9 Å². The van der Waals surface area contributed by atoms with Crippen LogP contribution in [0.5, 0.6) is 11.5 Å². The minimum absolute atomic E-state index is 0.0961. The molecule has 0 fully saturated rings. The number of non-ortho nitro benzene ring substituents is 1. The zero-order valence-electron chi connectivity index (χ0n) is 14.1. The fourth-order valence-corrected chi connectivity index (χ4v) is 3.80. The van der Waals surface area contributed by atoms with E-state index in [-0.39, 0.29) is 11.4 Å². The Hall–Kier alpha value is -3.10. The van der Waals surface area contributed by atoms with E-state index in [1.807, 2.05) is 18.2 Å². The Bertz CT molecular complexity index is 1180. The van der Waals surface area contributed by atoms with Crippen molar-refractivity contribution in [2.45, 2.75) is 5.88 Å². The van der Waals surface area contributed by atoms with Gasteiger partial charge in [-0.25, -0.2) is 4.39 Å². The topological polar surface area (TPSA) is 78.2 Å². The molecule has 0 saturated heterocycles. The molecule has 1 aromatic carbocycles. The van der Waals surface area contributed by atoms with E-state index in [4.69, 9.17) is 16.3 Å². The number of hydrogen-bond donors (Lipinski definition) is 0. The number of halogens is 2. The van der Waals surface area contributed by atoms with Crippen LogP contribution in [0, 0.1) is 15.9 Å². The zero-order valence-corrected chi connectivity index (χ0v) is 15.7. The Kier molecular flexibility index (Phi) is 4.89. The highest BCUT2D eigenvalue weighted by molar-refractivity contribution is 7.22. The standard InChI is InChI=1S/C19H11ClFN3O3S/c20-9-12-2-1-11(10-23-12)18-8-15-19(28-18)17(5-6-22-15)27-16-4-3-13(24(25)26)7-14(16)21/h1-8,10H,9H2. The summed E-state index contributed by atoms with van der Waals surface area (Å²) in [4.78, 5) is 19.6. The molecular formula is C19H11ClFN3O3S. The number of ether oxygens (including phenoxy) is 1. The third-order valence-electron chi connectivity index (χ3n) is 3.97. The number of nitro groups is 1. The highest BCUT2D eigenvalue weighted by Crippen LogP contribution is 2.39. The summed E-state index contributed by atoms with van der Waals surface area (Å²) in [7, 11) is 0. The van der Waals surface area contributed by atoms with Gasteiger partial charge in [-0.2, -0.15) is 0 Å². The molecule has 0 saturated carbocycles. The van der Waals surface area contributed by atoms with Crippen molar-refractivity contribution in [3.8, 4) is 21.9 Å². The predicted octanol–water partition coefficient (Wildman–Crippen LogP) is 5.94. The van der Waals surface area contributed by atoms with Crippen LogP contribution in [0.2, 0.25) is 0 Å². The van der Waals surface area contributed by atoms with E-state index in [1.54, 1.807) is 18.5 Å². The molecule has 0 aliphatic rings. The van der Waals surface area contributed by atoms with Crippen molar-refractivity contribution in [1.29, 1.82) is 0 Å². The normalized spacial score (nSPS) is 10.9. The second-order valence-electron chi connectivity index (χ2n) is 5.78. The first-order valence-corrected chi connectivity index (χ1v) is 9.42. The molecule has 3 heterocycles. The molecule has 0 atom stereocenters. The summed E-state index contributed by atoms with van der Waals surface area (Å²) in [6.45, 7) is 0. The second kappa shape index (κ2) is 7.49. The number of nitrogens with zero attached hydrogens (tertiary/aromatic N) is 3. The summed E-state index contributed by atoms with van der Waals surface area (Å²) >= 11 is 7.21. The predicted molar refractivity (Wildman–Crippen MR) is 106 cm³/mol. The van der Waals surface area contributed by atoms with Crippen molar-refractivity contribution in [2.75, 3.05) is 0 Å². The Morgan fingerprint density at radius 1 is 1.14 bits per heavy atom. The zero-order chi connectivity index (χ0) is 19.7. The third kappa shape index (κ3) is 3.51. The van der Waals surface area contributed by atoms with Crippen LogP contribution in [0.1, 0.15) is 5.69 Å². The van der Waals surface area contributed by atoms with Gasteiger partial charge in [-0.1, -0.05) is 6.07 Å². The van der Waals surface area contributed by atoms with Gasteiger partial charge in [0.15, 0.2) is 11.6 Å². The molecule has 0 aliphatic heterocycles. The third-order valence-corrected chi connectivity index (χ3v) is 5.43. The lowest BCUT2D eigenvalue weighted by Gasteiger charge is -2.07. The number of nitro benzene ring substituents is 1. The average molecular weight is 416 g/mol. The molecule has 0 amide bonds. The lowest BCUT2D eigenvalue weighted by Crippen LogP contribution is -1.92. The van der Waals surface area contributed by atoms with E-state index in [2.05, 4.69) is 9.97 Å². The van der Waals surface area contributed by atoms with E-state index in [9.17, 15) is 14.5 Å². The van der Waals surface area contributed by atoms with Crippen LogP contribution < -0.4 is 4.74 Å². The first-order valence-electron chi connectivity index (χ1n) is 8.07. The van der Waals surface area contributed by atoms with Crippen LogP contribution in [0.4, 0.5) is 10.1 Å². The number of benzene rings is 1. The largest absolute Gasteiger partial charge is 0.453 e. The number of hydrogen-bond acceptors (Lipinski definition) is 6. The molecule has 0 aliphatic carbocycles. The van der Waals surface area contributed by atoms with Crippen molar-refractivity contribution in [3.63, 3.8) is 0 Å². The molecule has 0 bridgehead atoms. The summed E-state index contributed by atoms with van der Waals surface area (Å²) in [6, 6.07) is 10.6. The lowest BCUT2D eigenvalue weighted by molar-refractivity contribution is -0.385. The van der Waals surface area contributed by atoms with Gasteiger partial charge in [0.1, 0.15) is 5.75 Å². The average Bonchev–Trinajstić information content (AvgIpc) is 3.14. The van der Waals surface area contributed by atoms with Gasteiger partial charge in [-0.3, -0.25) is 20.1 Å². The summed E-state index contributed by atoms with van der Waals surface area (Å²) in [5.41, 5.74) is 2.05. The van der Waals surface area contributed by atoms with Crippen molar-refractivity contribution in [1.82, 2.24) is 9.97 Å². The molecule has 6 nitrogen and oxygen atoms in total. The Balaban J connectivity index is 1.70. The van der Waals surface area contributed by atoms with Gasteiger partial charge in [-0.05, 0) is 18.2 Å². The molecule has 4 aromatic rings. The van der Waals surface area contributed by atoms with Crippen molar-refractivity contribution >= 4 is 38.8 Å². The Morgan fingerprint density at radius 2 is 2.00 bits per heavy atom. The SMILES string of the molecule is O=[N+]([O-])c1ccc(Oc2ccnc3cc(-c4ccc(CCl)nc4)sc23)c(F)c1. The summed E-state index contributed by atoms with van der Waals surface area (Å²) in [5, 5.41) is 10.8. The van der Waals surface area contributed by atoms with Crippen LogP contribution >= 0.6 is 22.9 Å². The minimum atomic E-state index is -0.809. The van der Waals surface area contributed by atoms with E-state index < -0.39 is 10.7 Å². The maximum atomic E-state index is 14.2. The second-order valence-corrected chi connectivity index (χ2v) is 7.10. The number of alkyl halides is 1. The fourth-order valence-electron chi connectivity index (χ4n) is 2.59. The minimum Gasteiger partial charge on any atom is -0.453 e. The Labute approximate surface area is 167 Å². The highest BCUT2D eigenvalue weighted by atomic mass is 35.5. The van der Waals surface area contributed by atoms with Gasteiger partial charge < -0.3 is 4.74 Å². The van der Waals surface area contributed by atoms with Gasteiger partial charge >= 0.3 is 0 Å². The lowest BCUT2D eigenvalue weighted by atomic mass is 10.2. The quantitative estimate of drug-likeness (QED) is 0.229. The Morgan fingerprint density at radius 3 is 2.68 bits per heavy atom. The highest BCUT2D eigenvalue weighted by Gasteiger charge is 2.15. The molecule has 9 heteroatoms. The number of pyridine rings is 2. The molecule has 3 aromatic heterocycles. The van der Waals surface area contributed by atoms with Gasteiger partial charge in [0.25, 0.3) is 5.69 Å². The van der Waals surface area contributed by atoms with E-state index >= 15 is 0 Å². The molecule has 0 spiro atoms. The molecule has 4 rings (SSSR count). The molecular weight excluding hydrogens is 405 g/mol. The van der Waals surface area contributed by atoms with Gasteiger partial charge in [0.05, 0.1) is 32.8 Å². The number of thiophene rings is 1. The molecule has 140 valence electrons. The first kappa shape index (κ1) is 18.3. The van der Waals surface area contributed by atoms with Crippen LogP contribution in [-0.4, -0.2) is 14.9 Å². The van der Waals surface area contributed by atoms with Crippen LogP contribution in [0.3, 0.4) is 0 Å². The van der Waals surface area contributed by atoms with Crippen LogP contribution in [-0.2, 0) is 5.88 Å². The van der Waals surface area contributed by atoms with E-state index in [0.29, 0.717) is 17.1 Å². The maximum absolute atomic E-state index is 14.2. The monoisotopic (exact) mass is 415 g/mol. The van der Waals surface area contributed by atoms with E-state index in [0.717, 1.165) is 26.9 Å². The van der Waals surface area contributed by atoms with Gasteiger partial charge in [0.2, 0.25) is 0 Å². The molecule has 28 heavy (non-hydrogen) atoms. The smallest absolute Gasteiger partial charge is 0.272 e. The first-order chi connectivity index (χ1) is 13.5. The van der Waals surface area contributed by atoms with Crippen LogP contribution in [0.25, 0.3) is 20.7 Å². The summed E-state index contributed by atoms with van der Waals surface area (Å²) in [6.07, 6.45) is 3.30. The molecule has 0 unspecified atom stereocenters. The number of rotatable bonds is 5. The van der Waals surface area contributed by atoms with E-state index in [1.165, 1.54) is 23.5 Å². The van der Waals surface area contributed by atoms with Crippen molar-refractivity contribution in [3.05, 3.63) is 76.5 Å². The van der Waals surface area contributed by atoms with Crippen molar-refractivity contribution < 1.29 is 14.1 Å². The number of fused-ring (bicyclic) bond motifs is 1. The summed E-state index contributed by atoms with van der Waals surface area (Å²) < 4.78 is 20.6. The maximum Gasteiger partial charge on any atom is 0.272 e. The number of aromatic nitrogens is 2. The van der Waals surface area contributed by atoms with Gasteiger partial charge in [0, 0.05) is 35.0 Å².